The zero-order valence-corrected chi connectivity index (χ0v) is 13.1. The van der Waals surface area contributed by atoms with Crippen molar-refractivity contribution in [2.75, 3.05) is 5.32 Å². The lowest BCUT2D eigenvalue weighted by Crippen LogP contribution is -2.03. The summed E-state index contributed by atoms with van der Waals surface area (Å²) in [6.45, 7) is 0. The Morgan fingerprint density at radius 2 is 2.04 bits per heavy atom. The molecule has 0 radical (unpaired) electrons. The van der Waals surface area contributed by atoms with E-state index < -0.39 is 33.7 Å². The molecule has 23 heavy (non-hydrogen) atoms. The van der Waals surface area contributed by atoms with Crippen molar-refractivity contribution in [1.82, 2.24) is 4.98 Å². The highest BCUT2D eigenvalue weighted by molar-refractivity contribution is 7.68. The van der Waals surface area contributed by atoms with E-state index in [0.717, 1.165) is 0 Å². The quantitative estimate of drug-likeness (QED) is 0.669. The molecule has 0 aliphatic heterocycles. The van der Waals surface area contributed by atoms with E-state index in [1.54, 1.807) is 12.1 Å². The van der Waals surface area contributed by atoms with Crippen molar-refractivity contribution < 1.29 is 18.7 Å². The molecule has 118 valence electrons. The minimum absolute atomic E-state index is 0.0895. The van der Waals surface area contributed by atoms with Crippen LogP contribution in [0.1, 0.15) is 5.56 Å². The van der Waals surface area contributed by atoms with E-state index in [4.69, 9.17) is 15.8 Å². The Balaban J connectivity index is 1.91. The average Bonchev–Trinajstić information content (AvgIpc) is 2.77. The van der Waals surface area contributed by atoms with Gasteiger partial charge in [0.25, 0.3) is 0 Å². The van der Waals surface area contributed by atoms with Crippen molar-refractivity contribution in [3.8, 4) is 0 Å². The predicted octanol–water partition coefficient (Wildman–Crippen LogP) is 4.63. The molecule has 0 saturated heterocycles. The van der Waals surface area contributed by atoms with Crippen LogP contribution in [0.25, 0.3) is 10.2 Å². The number of hydrogen-bond acceptors (Lipinski definition) is 3. The van der Waals surface area contributed by atoms with E-state index in [1.807, 2.05) is 0 Å². The lowest BCUT2D eigenvalue weighted by Gasteiger charge is -2.03. The maximum atomic E-state index is 13.9. The van der Waals surface area contributed by atoms with Gasteiger partial charge in [0.1, 0.15) is 26.8 Å². The third-order valence-electron chi connectivity index (χ3n) is 3.15. The Labute approximate surface area is 136 Å². The minimum atomic E-state index is -1.11. The van der Waals surface area contributed by atoms with E-state index >= 15 is 0 Å². The smallest absolute Gasteiger partial charge is 0.365 e. The highest BCUT2D eigenvalue weighted by Crippen LogP contribution is 2.42. The van der Waals surface area contributed by atoms with Gasteiger partial charge in [-0.15, -0.1) is 0 Å². The van der Waals surface area contributed by atoms with Gasteiger partial charge in [-0.1, -0.05) is 6.07 Å². The summed E-state index contributed by atoms with van der Waals surface area (Å²) in [5.41, 5.74) is 0.919. The van der Waals surface area contributed by atoms with Crippen molar-refractivity contribution >= 4 is 47.4 Å². The van der Waals surface area contributed by atoms with Crippen LogP contribution in [0.5, 0.6) is 0 Å². The number of thiazole rings is 1. The molecule has 2 aromatic carbocycles. The van der Waals surface area contributed by atoms with Crippen LogP contribution in [0.2, 0.25) is 0 Å². The molecular weight excluding hydrogens is 346 g/mol. The first-order valence-electron chi connectivity index (χ1n) is 6.50. The number of rotatable bonds is 4. The lowest BCUT2D eigenvalue weighted by atomic mass is 10.1. The van der Waals surface area contributed by atoms with Crippen molar-refractivity contribution in [1.29, 1.82) is 0 Å². The Morgan fingerprint density at radius 1 is 1.26 bits per heavy atom. The molecule has 3 rings (SSSR count). The molecule has 0 spiro atoms. The fraction of sp³-hybridized carbons (Fsp3) is 0.0667. The van der Waals surface area contributed by atoms with Crippen LogP contribution in [-0.2, 0) is 11.2 Å². The molecule has 1 atom stereocenters. The summed E-state index contributed by atoms with van der Waals surface area (Å²) in [5, 5.41) is 12.0. The number of carbonyl (C=O) groups is 1. The minimum Gasteiger partial charge on any atom is -0.481 e. The molecule has 0 amide bonds. The largest absolute Gasteiger partial charge is 0.481 e. The van der Waals surface area contributed by atoms with Gasteiger partial charge >= 0.3 is 11.1 Å². The number of nitrogens with zero attached hydrogens (tertiary/aromatic N) is 1. The number of benzene rings is 2. The van der Waals surface area contributed by atoms with Crippen molar-refractivity contribution in [3.63, 3.8) is 0 Å². The van der Waals surface area contributed by atoms with Gasteiger partial charge < -0.3 is 5.11 Å². The van der Waals surface area contributed by atoms with Gasteiger partial charge in [-0.3, -0.25) is 10.1 Å². The molecule has 0 bridgehead atoms. The number of fused-ring (bicyclic) bond motifs is 1. The Hall–Kier alpha value is -2.25. The molecule has 0 aliphatic rings. The maximum Gasteiger partial charge on any atom is 0.365 e. The topological polar surface area (TPSA) is 62.2 Å². The van der Waals surface area contributed by atoms with Crippen LogP contribution in [0.4, 0.5) is 19.6 Å². The summed E-state index contributed by atoms with van der Waals surface area (Å²) >= 11 is 0. The van der Waals surface area contributed by atoms with Crippen LogP contribution in [0.15, 0.2) is 36.4 Å². The normalized spacial score (nSPS) is 11.7. The third kappa shape index (κ3) is 3.25. The van der Waals surface area contributed by atoms with Gasteiger partial charge in [-0.25, -0.2) is 8.78 Å². The summed E-state index contributed by atoms with van der Waals surface area (Å²) < 4.78 is 27.8. The molecule has 3 aromatic rings. The standard InChI is InChI=1S/C15H9ClF2N2O2S/c16-23-13-4-2-9(17)6-12(13)20-15(23)19-10-3-1-8(5-14(21)22)11(18)7-10/h1-4,6-7H,5H2,(H-,19,20,21,22)/p+1. The number of nitrogens with one attached hydrogen (secondary N) is 1. The molecule has 0 aliphatic carbocycles. The second kappa shape index (κ2) is 6.10. The first kappa shape index (κ1) is 15.6. The van der Waals surface area contributed by atoms with Gasteiger partial charge in [0, 0.05) is 17.8 Å². The summed E-state index contributed by atoms with van der Waals surface area (Å²) in [6.07, 6.45) is -0.391. The first-order chi connectivity index (χ1) is 10.9. The molecule has 1 heterocycles. The van der Waals surface area contributed by atoms with E-state index in [1.165, 1.54) is 24.3 Å². The summed E-state index contributed by atoms with van der Waals surface area (Å²) in [4.78, 5) is 14.9. The molecule has 8 heteroatoms. The van der Waals surface area contributed by atoms with Gasteiger partial charge in [-0.2, -0.15) is 4.98 Å². The molecule has 0 fully saturated rings. The second-order valence-corrected chi connectivity index (χ2v) is 7.05. The number of halogens is 3. The van der Waals surface area contributed by atoms with E-state index in [0.29, 0.717) is 21.0 Å². The Morgan fingerprint density at radius 3 is 2.74 bits per heavy atom. The van der Waals surface area contributed by atoms with Gasteiger partial charge in [0.15, 0.2) is 0 Å². The Kier molecular flexibility index (Phi) is 4.14. The number of carboxylic acids is 1. The van der Waals surface area contributed by atoms with Gasteiger partial charge in [0.05, 0.1) is 6.42 Å². The van der Waals surface area contributed by atoms with E-state index in [-0.39, 0.29) is 5.56 Å². The molecular formula is C15H10ClF2N2O2S+. The molecule has 1 aromatic heterocycles. The third-order valence-corrected chi connectivity index (χ3v) is 5.35. The molecule has 2 N–H and O–H groups in total. The maximum absolute atomic E-state index is 13.9. The summed E-state index contributed by atoms with van der Waals surface area (Å²) in [6, 6.07) is 8.26. The van der Waals surface area contributed by atoms with Crippen molar-refractivity contribution in [3.05, 3.63) is 53.6 Å². The van der Waals surface area contributed by atoms with Crippen LogP contribution in [0.3, 0.4) is 0 Å². The van der Waals surface area contributed by atoms with E-state index in [9.17, 15) is 13.6 Å². The zero-order chi connectivity index (χ0) is 16.6. The summed E-state index contributed by atoms with van der Waals surface area (Å²) in [5.74, 6) is -2.15. The lowest BCUT2D eigenvalue weighted by molar-refractivity contribution is -0.136. The molecule has 0 saturated carbocycles. The monoisotopic (exact) mass is 355 g/mol. The van der Waals surface area contributed by atoms with Crippen LogP contribution >= 0.6 is 20.4 Å². The second-order valence-electron chi connectivity index (χ2n) is 4.79. The number of aliphatic carboxylic acids is 1. The SMILES string of the molecule is O=C(O)Cc1ccc(Nc2nc3cc(F)ccc3[s+]2Cl)cc1F. The highest BCUT2D eigenvalue weighted by Gasteiger charge is 2.23. The van der Waals surface area contributed by atoms with Crippen molar-refractivity contribution in [2.24, 2.45) is 0 Å². The fourth-order valence-corrected chi connectivity index (χ4v) is 3.79. The van der Waals surface area contributed by atoms with E-state index in [2.05, 4.69) is 10.3 Å². The number of carboxylic acid groups (broad SMARTS) is 1. The Bertz CT molecular complexity index is 914. The van der Waals surface area contributed by atoms with Crippen LogP contribution < -0.4 is 5.32 Å². The van der Waals surface area contributed by atoms with Gasteiger partial charge in [0.2, 0.25) is 15.4 Å². The number of anilines is 2. The average molecular weight is 356 g/mol. The number of aromatic nitrogens is 1. The number of hydrogen-bond donors (Lipinski definition) is 2. The zero-order valence-electron chi connectivity index (χ0n) is 11.5. The first-order valence-corrected chi connectivity index (χ1v) is 8.55. The molecule has 4 nitrogen and oxygen atoms in total. The highest BCUT2D eigenvalue weighted by atomic mass is 35.7. The predicted molar refractivity (Wildman–Crippen MR) is 86.5 cm³/mol. The van der Waals surface area contributed by atoms with Crippen molar-refractivity contribution in [2.45, 2.75) is 6.42 Å². The summed E-state index contributed by atoms with van der Waals surface area (Å²) in [7, 11) is 5.40. The van der Waals surface area contributed by atoms with Gasteiger partial charge in [-0.05, 0) is 23.8 Å². The fourth-order valence-electron chi connectivity index (χ4n) is 2.11. The van der Waals surface area contributed by atoms with Crippen LogP contribution in [0, 0.1) is 11.6 Å². The molecule has 1 unspecified atom stereocenters. The van der Waals surface area contributed by atoms with Crippen LogP contribution in [-0.4, -0.2) is 16.1 Å².